The number of carbonyl (C=O) groups is 3. The van der Waals surface area contributed by atoms with E-state index in [2.05, 4.69) is 10.3 Å². The second-order valence-corrected chi connectivity index (χ2v) is 11.4. The monoisotopic (exact) mass is 445 g/mol. The van der Waals surface area contributed by atoms with E-state index in [9.17, 15) is 14.4 Å². The Morgan fingerprint density at radius 2 is 1.61 bits per heavy atom. The molecule has 0 unspecified atom stereocenters. The zero-order valence-electron chi connectivity index (χ0n) is 18.1. The summed E-state index contributed by atoms with van der Waals surface area (Å²) in [4.78, 5) is 43.0. The van der Waals surface area contributed by atoms with E-state index < -0.39 is 17.5 Å². The molecule has 7 nitrogen and oxygen atoms in total. The summed E-state index contributed by atoms with van der Waals surface area (Å²) in [6.45, 7) is 1.73. The van der Waals surface area contributed by atoms with Crippen molar-refractivity contribution in [2.45, 2.75) is 83.2 Å². The van der Waals surface area contributed by atoms with Crippen molar-refractivity contribution >= 4 is 34.3 Å². The van der Waals surface area contributed by atoms with E-state index in [1.165, 1.54) is 19.3 Å². The molecule has 5 aliphatic carbocycles. The Kier molecular flexibility index (Phi) is 5.11. The van der Waals surface area contributed by atoms with E-state index in [4.69, 9.17) is 10.5 Å². The number of rotatable bonds is 5. The number of anilines is 1. The van der Waals surface area contributed by atoms with E-state index in [0.717, 1.165) is 49.9 Å². The first kappa shape index (κ1) is 20.9. The second kappa shape index (κ2) is 7.57. The number of carbonyl (C=O) groups excluding carboxylic acids is 3. The van der Waals surface area contributed by atoms with Crippen molar-refractivity contribution in [3.8, 4) is 0 Å². The molecular formula is C23H31N3O4S. The largest absolute Gasteiger partial charge is 0.445 e. The highest BCUT2D eigenvalue weighted by Gasteiger charge is 2.54. The molecule has 168 valence electrons. The topological polar surface area (TPSA) is 111 Å². The summed E-state index contributed by atoms with van der Waals surface area (Å²) in [7, 11) is 0. The average molecular weight is 446 g/mol. The van der Waals surface area contributed by atoms with Gasteiger partial charge in [-0.2, -0.15) is 0 Å². The van der Waals surface area contributed by atoms with Crippen molar-refractivity contribution in [1.29, 1.82) is 0 Å². The lowest BCUT2D eigenvalue weighted by molar-refractivity contribution is -0.141. The summed E-state index contributed by atoms with van der Waals surface area (Å²) >= 11 is 1.13. The number of aromatic nitrogens is 1. The molecule has 0 spiro atoms. The lowest BCUT2D eigenvalue weighted by Gasteiger charge is -2.55. The summed E-state index contributed by atoms with van der Waals surface area (Å²) in [5.74, 6) is 0.938. The van der Waals surface area contributed by atoms with Crippen LogP contribution in [0.4, 0.5) is 5.13 Å². The highest BCUT2D eigenvalue weighted by atomic mass is 32.1. The molecule has 5 saturated carbocycles. The highest BCUT2D eigenvalue weighted by molar-refractivity contribution is 7.17. The summed E-state index contributed by atoms with van der Waals surface area (Å²) in [5.41, 5.74) is 4.60. The van der Waals surface area contributed by atoms with Crippen molar-refractivity contribution < 1.29 is 19.1 Å². The summed E-state index contributed by atoms with van der Waals surface area (Å²) < 4.78 is 5.67. The van der Waals surface area contributed by atoms with Gasteiger partial charge in [0, 0.05) is 0 Å². The van der Waals surface area contributed by atoms with Crippen LogP contribution in [0.15, 0.2) is 0 Å². The fourth-order valence-corrected chi connectivity index (χ4v) is 7.84. The van der Waals surface area contributed by atoms with Gasteiger partial charge in [0.05, 0.1) is 11.1 Å². The molecule has 0 atom stereocenters. The zero-order valence-corrected chi connectivity index (χ0v) is 18.9. The van der Waals surface area contributed by atoms with Gasteiger partial charge in [-0.3, -0.25) is 9.59 Å². The number of nitrogens with one attached hydrogen (secondary N) is 1. The van der Waals surface area contributed by atoms with Crippen LogP contribution in [0, 0.1) is 30.1 Å². The van der Waals surface area contributed by atoms with Gasteiger partial charge in [0.15, 0.2) is 10.7 Å². The third-order valence-corrected chi connectivity index (χ3v) is 9.17. The molecule has 0 radical (unpaired) electrons. The van der Waals surface area contributed by atoms with Gasteiger partial charge < -0.3 is 15.8 Å². The van der Waals surface area contributed by atoms with Gasteiger partial charge in [0.1, 0.15) is 4.88 Å². The van der Waals surface area contributed by atoms with Crippen LogP contribution in [0.25, 0.3) is 0 Å². The normalized spacial score (nSPS) is 33.1. The highest BCUT2D eigenvalue weighted by Crippen LogP contribution is 2.60. The van der Waals surface area contributed by atoms with Gasteiger partial charge in [0.25, 0.3) is 5.91 Å². The first-order valence-corrected chi connectivity index (χ1v) is 12.4. The maximum absolute atomic E-state index is 13.3. The number of esters is 1. The third kappa shape index (κ3) is 3.66. The number of ether oxygens (including phenoxy) is 1. The van der Waals surface area contributed by atoms with Crippen LogP contribution in [0.2, 0.25) is 0 Å². The molecule has 4 bridgehead atoms. The van der Waals surface area contributed by atoms with Crippen LogP contribution >= 0.6 is 11.3 Å². The van der Waals surface area contributed by atoms with Crippen LogP contribution in [0.3, 0.4) is 0 Å². The number of hydrogen-bond donors (Lipinski definition) is 2. The van der Waals surface area contributed by atoms with E-state index >= 15 is 0 Å². The minimum absolute atomic E-state index is 0.0566. The fourth-order valence-electron chi connectivity index (χ4n) is 7.00. The molecular weight excluding hydrogens is 414 g/mol. The van der Waals surface area contributed by atoms with Crippen LogP contribution in [-0.2, 0) is 14.3 Å². The van der Waals surface area contributed by atoms with Crippen molar-refractivity contribution in [3.05, 3.63) is 10.6 Å². The second-order valence-electron chi connectivity index (χ2n) is 10.4. The summed E-state index contributed by atoms with van der Waals surface area (Å²) in [5, 5.41) is 3.45. The molecule has 8 heteroatoms. The first-order valence-electron chi connectivity index (χ1n) is 11.6. The molecule has 0 aliphatic heterocycles. The van der Waals surface area contributed by atoms with E-state index in [0.29, 0.717) is 46.3 Å². The van der Waals surface area contributed by atoms with Gasteiger partial charge in [0.2, 0.25) is 5.91 Å². The van der Waals surface area contributed by atoms with Gasteiger partial charge >= 0.3 is 5.97 Å². The Bertz CT molecular complexity index is 883. The van der Waals surface area contributed by atoms with Crippen LogP contribution in [-0.4, -0.2) is 28.4 Å². The predicted molar refractivity (Wildman–Crippen MR) is 117 cm³/mol. The Balaban J connectivity index is 1.30. The quantitative estimate of drug-likeness (QED) is 0.667. The molecule has 1 aromatic rings. The Morgan fingerprint density at radius 1 is 1.03 bits per heavy atom. The van der Waals surface area contributed by atoms with Crippen LogP contribution in [0.5, 0.6) is 0 Å². The van der Waals surface area contributed by atoms with Crippen molar-refractivity contribution in [1.82, 2.24) is 4.98 Å². The van der Waals surface area contributed by atoms with Crippen LogP contribution < -0.4 is 11.1 Å². The maximum atomic E-state index is 13.3. The molecule has 1 heterocycles. The van der Waals surface area contributed by atoms with Crippen LogP contribution in [0.1, 0.15) is 86.0 Å². The van der Waals surface area contributed by atoms with Crippen molar-refractivity contribution in [2.24, 2.45) is 28.9 Å². The molecule has 5 aliphatic rings. The lowest BCUT2D eigenvalue weighted by atomic mass is 9.49. The van der Waals surface area contributed by atoms with Gasteiger partial charge in [-0.15, -0.1) is 0 Å². The van der Waals surface area contributed by atoms with Crippen molar-refractivity contribution in [2.75, 3.05) is 5.32 Å². The van der Waals surface area contributed by atoms with E-state index in [1.54, 1.807) is 6.92 Å². The number of primary amides is 1. The molecule has 3 N–H and O–H groups in total. The molecule has 31 heavy (non-hydrogen) atoms. The maximum Gasteiger partial charge on any atom is 0.351 e. The number of amides is 2. The lowest BCUT2D eigenvalue weighted by Crippen LogP contribution is -2.51. The predicted octanol–water partition coefficient (Wildman–Crippen LogP) is 3.95. The van der Waals surface area contributed by atoms with E-state index in [-0.39, 0.29) is 11.3 Å². The summed E-state index contributed by atoms with van der Waals surface area (Å²) in [6, 6.07) is 0. The molecule has 0 aromatic carbocycles. The Morgan fingerprint density at radius 3 is 2.16 bits per heavy atom. The molecule has 5 fully saturated rings. The van der Waals surface area contributed by atoms with E-state index in [1.807, 2.05) is 0 Å². The SMILES string of the molecule is Cc1nc(NC(=O)C23CC4CC(CC(C4)C2)C3)sc1C(=O)OC1(C(N)=O)CCCCC1. The smallest absolute Gasteiger partial charge is 0.351 e. The van der Waals surface area contributed by atoms with Gasteiger partial charge in [-0.25, -0.2) is 9.78 Å². The standard InChI is InChI=1S/C23H31N3O4S/c1-13-17(18(27)30-23(19(24)28)5-3-2-4-6-23)31-21(25-13)26-20(29)22-10-14-7-15(11-22)9-16(8-14)12-22/h14-16H,2-12H2,1H3,(H2,24,28)(H,25,26,29). The molecule has 6 rings (SSSR count). The number of thiazole rings is 1. The first-order chi connectivity index (χ1) is 14.8. The third-order valence-electron chi connectivity index (χ3n) is 8.12. The molecule has 1 aromatic heterocycles. The van der Waals surface area contributed by atoms with Gasteiger partial charge in [-0.1, -0.05) is 17.8 Å². The number of aryl methyl sites for hydroxylation is 1. The summed E-state index contributed by atoms with van der Waals surface area (Å²) in [6.07, 6.45) is 10.3. The average Bonchev–Trinajstić information content (AvgIpc) is 3.07. The van der Waals surface area contributed by atoms with Gasteiger partial charge in [-0.05, 0) is 88.9 Å². The number of nitrogens with two attached hydrogens (primary N) is 1. The number of hydrogen-bond acceptors (Lipinski definition) is 6. The minimum atomic E-state index is -1.23. The minimum Gasteiger partial charge on any atom is -0.445 e. The Hall–Kier alpha value is -1.96. The number of nitrogens with zero attached hydrogens (tertiary/aromatic N) is 1. The fraction of sp³-hybridized carbons (Fsp3) is 0.739. The zero-order chi connectivity index (χ0) is 21.8. The molecule has 0 saturated heterocycles. The Labute approximate surface area is 186 Å². The van der Waals surface area contributed by atoms with Crippen molar-refractivity contribution in [3.63, 3.8) is 0 Å². The molecule has 2 amide bonds.